The van der Waals surface area contributed by atoms with E-state index in [1.54, 1.807) is 24.3 Å². The second kappa shape index (κ2) is 38.9. The molecule has 1 amide bonds. The van der Waals surface area contributed by atoms with Gasteiger partial charge in [-0.3, -0.25) is 9.59 Å². The molecule has 0 bridgehead atoms. The van der Waals surface area contributed by atoms with Gasteiger partial charge in [-0.25, -0.2) is 4.79 Å². The zero-order valence-corrected chi connectivity index (χ0v) is 30.8. The van der Waals surface area contributed by atoms with E-state index in [1.807, 2.05) is 0 Å². The quantitative estimate of drug-likeness (QED) is 0.0678. The van der Waals surface area contributed by atoms with Crippen LogP contribution >= 0.6 is 0 Å². The molecule has 0 aromatic heterocycles. The van der Waals surface area contributed by atoms with E-state index in [0.29, 0.717) is 170 Å². The van der Waals surface area contributed by atoms with Crippen LogP contribution in [0.3, 0.4) is 0 Å². The van der Waals surface area contributed by atoms with Crippen LogP contribution in [0.5, 0.6) is 5.75 Å². The minimum Gasteiger partial charge on any atom is -0.491 e. The minimum absolute atomic E-state index is 0.295. The van der Waals surface area contributed by atoms with Crippen LogP contribution < -0.4 is 10.1 Å². The van der Waals surface area contributed by atoms with Crippen LogP contribution in [0.25, 0.3) is 0 Å². The van der Waals surface area contributed by atoms with Gasteiger partial charge in [-0.2, -0.15) is 0 Å². The summed E-state index contributed by atoms with van der Waals surface area (Å²) in [5, 5.41) is 11.0. The Morgan fingerprint density at radius 2 is 0.774 bits per heavy atom. The Kier molecular flexibility index (Phi) is 35.3. The standard InChI is InChI=1S/C35H59NO17/c37-29-32-1-3-33(4-2-32)53-28-27-51-26-25-50-24-23-49-22-21-48-20-19-47-18-17-46-16-15-45-14-13-44-12-11-43-10-9-42-8-7-41-6-5-36-34(38)30-52-31-35(39)40/h1-4,29H,5-28,30-31H2,(H,36,38)(H,39,40). The lowest BCUT2D eigenvalue weighted by atomic mass is 10.2. The summed E-state index contributed by atoms with van der Waals surface area (Å²) in [4.78, 5) is 32.3. The highest BCUT2D eigenvalue weighted by atomic mass is 16.6. The van der Waals surface area contributed by atoms with Gasteiger partial charge in [0.2, 0.25) is 5.91 Å². The van der Waals surface area contributed by atoms with Crippen molar-refractivity contribution in [2.75, 3.05) is 172 Å². The molecule has 1 aromatic rings. The number of hydrogen-bond acceptors (Lipinski definition) is 16. The molecule has 0 spiro atoms. The van der Waals surface area contributed by atoms with Crippen molar-refractivity contribution >= 4 is 18.2 Å². The van der Waals surface area contributed by atoms with Crippen LogP contribution in [-0.4, -0.2) is 195 Å². The molecule has 0 aliphatic rings. The third-order valence-electron chi connectivity index (χ3n) is 6.26. The molecule has 0 saturated heterocycles. The van der Waals surface area contributed by atoms with E-state index in [1.165, 1.54) is 0 Å². The molecule has 306 valence electrons. The first-order chi connectivity index (χ1) is 26.1. The number of benzene rings is 1. The van der Waals surface area contributed by atoms with E-state index in [9.17, 15) is 14.4 Å². The molecule has 0 heterocycles. The fourth-order valence-electron chi connectivity index (χ4n) is 3.71. The molecule has 0 aliphatic carbocycles. The molecule has 18 nitrogen and oxygen atoms in total. The molecule has 0 unspecified atom stereocenters. The summed E-state index contributed by atoms with van der Waals surface area (Å²) < 4.78 is 70.1. The highest BCUT2D eigenvalue weighted by Gasteiger charge is 2.03. The first-order valence-electron chi connectivity index (χ1n) is 17.7. The van der Waals surface area contributed by atoms with E-state index in [-0.39, 0.29) is 6.61 Å². The highest BCUT2D eigenvalue weighted by Crippen LogP contribution is 2.10. The van der Waals surface area contributed by atoms with Crippen molar-refractivity contribution in [2.24, 2.45) is 0 Å². The van der Waals surface area contributed by atoms with E-state index in [4.69, 9.17) is 61.9 Å². The summed E-state index contributed by atoms with van der Waals surface area (Å²) >= 11 is 0. The van der Waals surface area contributed by atoms with E-state index >= 15 is 0 Å². The van der Waals surface area contributed by atoms with Gasteiger partial charge in [-0.1, -0.05) is 0 Å². The van der Waals surface area contributed by atoms with Crippen molar-refractivity contribution < 1.29 is 81.1 Å². The molecule has 2 N–H and O–H groups in total. The van der Waals surface area contributed by atoms with Crippen molar-refractivity contribution in [3.63, 3.8) is 0 Å². The monoisotopic (exact) mass is 765 g/mol. The van der Waals surface area contributed by atoms with Gasteiger partial charge in [-0.05, 0) is 24.3 Å². The van der Waals surface area contributed by atoms with Crippen LogP contribution in [0.15, 0.2) is 24.3 Å². The molecule has 0 atom stereocenters. The van der Waals surface area contributed by atoms with Gasteiger partial charge in [0.25, 0.3) is 0 Å². The van der Waals surface area contributed by atoms with Gasteiger partial charge in [0.15, 0.2) is 0 Å². The predicted molar refractivity (Wildman–Crippen MR) is 188 cm³/mol. The van der Waals surface area contributed by atoms with Crippen LogP contribution in [0.2, 0.25) is 0 Å². The van der Waals surface area contributed by atoms with E-state index in [2.05, 4.69) is 10.1 Å². The van der Waals surface area contributed by atoms with Gasteiger partial charge in [0.05, 0.1) is 145 Å². The normalized spacial score (nSPS) is 11.2. The summed E-state index contributed by atoms with van der Waals surface area (Å²) in [6.45, 7) is 9.83. The number of carboxylic acid groups (broad SMARTS) is 1. The summed E-state index contributed by atoms with van der Waals surface area (Å²) in [7, 11) is 0. The first-order valence-corrected chi connectivity index (χ1v) is 17.7. The van der Waals surface area contributed by atoms with Crippen LogP contribution in [0, 0.1) is 0 Å². The summed E-state index contributed by atoms with van der Waals surface area (Å²) in [6, 6.07) is 6.91. The molecular formula is C35H59NO17. The summed E-state index contributed by atoms with van der Waals surface area (Å²) in [6.07, 6.45) is 0.792. The maximum Gasteiger partial charge on any atom is 0.329 e. The number of carbonyl (C=O) groups excluding carboxylic acids is 2. The number of hydrogen-bond donors (Lipinski definition) is 2. The molecule has 0 saturated carbocycles. The van der Waals surface area contributed by atoms with Crippen LogP contribution in [-0.2, 0) is 66.4 Å². The maximum atomic E-state index is 11.4. The third-order valence-corrected chi connectivity index (χ3v) is 6.26. The fraction of sp³-hybridized carbons (Fsp3) is 0.743. The lowest BCUT2D eigenvalue weighted by Gasteiger charge is -2.09. The van der Waals surface area contributed by atoms with Crippen LogP contribution in [0.1, 0.15) is 10.4 Å². The lowest BCUT2D eigenvalue weighted by molar-refractivity contribution is -0.143. The number of aldehydes is 1. The molecule has 1 rings (SSSR count). The zero-order chi connectivity index (χ0) is 38.1. The molecular weight excluding hydrogens is 706 g/mol. The Morgan fingerprint density at radius 3 is 1.09 bits per heavy atom. The van der Waals surface area contributed by atoms with Gasteiger partial charge < -0.3 is 72.0 Å². The Hall–Kier alpha value is -2.85. The lowest BCUT2D eigenvalue weighted by Crippen LogP contribution is -2.31. The number of aliphatic carboxylic acids is 1. The maximum absolute atomic E-state index is 11.4. The number of carbonyl (C=O) groups is 3. The average Bonchev–Trinajstić information content (AvgIpc) is 3.16. The minimum atomic E-state index is -1.13. The van der Waals surface area contributed by atoms with Gasteiger partial charge >= 0.3 is 5.97 Å². The fourth-order valence-corrected chi connectivity index (χ4v) is 3.71. The van der Waals surface area contributed by atoms with Crippen molar-refractivity contribution in [1.29, 1.82) is 0 Å². The summed E-state index contributed by atoms with van der Waals surface area (Å²) in [5.74, 6) is -0.833. The number of ether oxygens (including phenoxy) is 13. The zero-order valence-electron chi connectivity index (χ0n) is 30.8. The number of carboxylic acids is 1. The largest absolute Gasteiger partial charge is 0.491 e. The third kappa shape index (κ3) is 35.9. The first kappa shape index (κ1) is 48.2. The topological polar surface area (TPSA) is 203 Å². The van der Waals surface area contributed by atoms with Gasteiger partial charge in [0.1, 0.15) is 31.9 Å². The summed E-state index contributed by atoms with van der Waals surface area (Å²) in [5.41, 5.74) is 0.610. The smallest absolute Gasteiger partial charge is 0.329 e. The van der Waals surface area contributed by atoms with Crippen molar-refractivity contribution in [1.82, 2.24) is 5.32 Å². The van der Waals surface area contributed by atoms with Crippen LogP contribution in [0.4, 0.5) is 0 Å². The van der Waals surface area contributed by atoms with Crippen molar-refractivity contribution in [3.8, 4) is 5.75 Å². The Bertz CT molecular complexity index is 972. The second-order valence-corrected chi connectivity index (χ2v) is 10.5. The molecule has 0 radical (unpaired) electrons. The Morgan fingerprint density at radius 1 is 0.453 bits per heavy atom. The highest BCUT2D eigenvalue weighted by molar-refractivity contribution is 5.77. The molecule has 53 heavy (non-hydrogen) atoms. The average molecular weight is 766 g/mol. The van der Waals surface area contributed by atoms with E-state index < -0.39 is 18.5 Å². The molecule has 0 aliphatic heterocycles. The molecule has 0 fully saturated rings. The predicted octanol–water partition coefficient (Wildman–Crippen LogP) is 0.278. The van der Waals surface area contributed by atoms with E-state index in [0.717, 1.165) is 6.29 Å². The Labute approximate surface area is 311 Å². The van der Waals surface area contributed by atoms with Gasteiger partial charge in [0, 0.05) is 12.1 Å². The number of rotatable bonds is 42. The second-order valence-electron chi connectivity index (χ2n) is 10.5. The van der Waals surface area contributed by atoms with Crippen molar-refractivity contribution in [2.45, 2.75) is 0 Å². The molecule has 1 aromatic carbocycles. The number of amides is 1. The number of nitrogens with one attached hydrogen (secondary N) is 1. The molecule has 18 heteroatoms. The SMILES string of the molecule is O=Cc1ccc(OCCOCCOCCOCCOCCOCCOCCOCCOCCOCCOCCOCCNC(=O)COCC(=O)O)cc1. The Balaban J connectivity index is 1.64. The van der Waals surface area contributed by atoms with Gasteiger partial charge in [-0.15, -0.1) is 0 Å². The van der Waals surface area contributed by atoms with Crippen molar-refractivity contribution in [3.05, 3.63) is 29.8 Å².